The highest BCUT2D eigenvalue weighted by atomic mass is 79.9. The monoisotopic (exact) mass is 281 g/mol. The molecule has 1 aliphatic rings. The fourth-order valence-electron chi connectivity index (χ4n) is 1.83. The number of benzene rings is 1. The molecule has 0 fully saturated rings. The zero-order chi connectivity index (χ0) is 11.5. The Morgan fingerprint density at radius 1 is 1.38 bits per heavy atom. The summed E-state index contributed by atoms with van der Waals surface area (Å²) in [5, 5.41) is 3.18. The second kappa shape index (κ2) is 4.78. The number of amides is 1. The average molecular weight is 282 g/mol. The van der Waals surface area contributed by atoms with Crippen LogP contribution >= 0.6 is 15.9 Å². The predicted molar refractivity (Wildman–Crippen MR) is 66.1 cm³/mol. The van der Waals surface area contributed by atoms with E-state index in [1.54, 1.807) is 6.07 Å². The van der Waals surface area contributed by atoms with Gasteiger partial charge in [0.05, 0.1) is 5.33 Å². The lowest BCUT2D eigenvalue weighted by Gasteiger charge is -2.07. The number of carbonyl (C=O) groups excluding carboxylic acids is 2. The highest BCUT2D eigenvalue weighted by Gasteiger charge is 2.14. The van der Waals surface area contributed by atoms with Crippen LogP contribution in [0.15, 0.2) is 18.2 Å². The van der Waals surface area contributed by atoms with Gasteiger partial charge in [-0.1, -0.05) is 15.9 Å². The van der Waals surface area contributed by atoms with Crippen LogP contribution in [-0.4, -0.2) is 17.0 Å². The van der Waals surface area contributed by atoms with Gasteiger partial charge in [0.25, 0.3) is 0 Å². The Kier molecular flexibility index (Phi) is 3.39. The Morgan fingerprint density at radius 2 is 2.19 bits per heavy atom. The fourth-order valence-corrected chi connectivity index (χ4v) is 2.15. The van der Waals surface area contributed by atoms with Gasteiger partial charge in [0.1, 0.15) is 0 Å². The molecule has 0 bridgehead atoms. The van der Waals surface area contributed by atoms with Crippen LogP contribution in [0.4, 0.5) is 5.69 Å². The second-order valence-corrected chi connectivity index (χ2v) is 4.39. The first-order valence-electron chi connectivity index (χ1n) is 5.22. The molecule has 1 aromatic rings. The van der Waals surface area contributed by atoms with Gasteiger partial charge in [0, 0.05) is 17.7 Å². The van der Waals surface area contributed by atoms with Crippen LogP contribution in [0.2, 0.25) is 0 Å². The maximum atomic E-state index is 11.5. The van der Waals surface area contributed by atoms with Crippen molar-refractivity contribution < 1.29 is 9.59 Å². The zero-order valence-electron chi connectivity index (χ0n) is 8.75. The number of fused-ring (bicyclic) bond motifs is 1. The Bertz CT molecular complexity index is 443. The molecule has 0 radical (unpaired) electrons. The molecule has 1 N–H and O–H groups in total. The van der Waals surface area contributed by atoms with Gasteiger partial charge in [0.2, 0.25) is 5.91 Å². The molecule has 0 atom stereocenters. The largest absolute Gasteiger partial charge is 0.326 e. The number of halogens is 1. The number of anilines is 1. The minimum absolute atomic E-state index is 0.0540. The Morgan fingerprint density at radius 3 is 2.94 bits per heavy atom. The summed E-state index contributed by atoms with van der Waals surface area (Å²) in [6.45, 7) is 0. The van der Waals surface area contributed by atoms with E-state index < -0.39 is 0 Å². The highest BCUT2D eigenvalue weighted by Crippen LogP contribution is 2.23. The van der Waals surface area contributed by atoms with Crippen molar-refractivity contribution in [1.29, 1.82) is 0 Å². The third kappa shape index (κ3) is 2.32. The number of Topliss-reactive ketones (excluding diaryl/α,β-unsaturated/α-hetero) is 1. The number of nitrogens with one attached hydrogen (secondary N) is 1. The van der Waals surface area contributed by atoms with E-state index in [0.29, 0.717) is 17.3 Å². The highest BCUT2D eigenvalue weighted by molar-refractivity contribution is 9.09. The summed E-state index contributed by atoms with van der Waals surface area (Å²) in [5.74, 6) is 0.122. The van der Waals surface area contributed by atoms with E-state index in [2.05, 4.69) is 21.2 Å². The number of alkyl halides is 1. The van der Waals surface area contributed by atoms with Gasteiger partial charge < -0.3 is 5.32 Å². The molecule has 1 aliphatic heterocycles. The van der Waals surface area contributed by atoms with Crippen molar-refractivity contribution in [2.75, 3.05) is 10.6 Å². The van der Waals surface area contributed by atoms with Gasteiger partial charge >= 0.3 is 0 Å². The van der Waals surface area contributed by atoms with Crippen molar-refractivity contribution in [1.82, 2.24) is 0 Å². The molecule has 2 rings (SSSR count). The van der Waals surface area contributed by atoms with Gasteiger partial charge in [0.15, 0.2) is 5.78 Å². The quantitative estimate of drug-likeness (QED) is 0.669. The number of hydrogen-bond donors (Lipinski definition) is 1. The lowest BCUT2D eigenvalue weighted by Crippen LogP contribution is -2.09. The van der Waals surface area contributed by atoms with E-state index in [1.807, 2.05) is 12.1 Å². The zero-order valence-corrected chi connectivity index (χ0v) is 10.3. The molecule has 0 aliphatic carbocycles. The van der Waals surface area contributed by atoms with Crippen LogP contribution in [0.3, 0.4) is 0 Å². The normalized spacial score (nSPS) is 14.9. The molecule has 0 saturated heterocycles. The van der Waals surface area contributed by atoms with E-state index in [-0.39, 0.29) is 11.7 Å². The second-order valence-electron chi connectivity index (χ2n) is 3.83. The summed E-state index contributed by atoms with van der Waals surface area (Å²) in [6.07, 6.45) is 2.23. The van der Waals surface area contributed by atoms with Gasteiger partial charge in [-0.25, -0.2) is 0 Å². The van der Waals surface area contributed by atoms with Crippen molar-refractivity contribution in [3.63, 3.8) is 0 Å². The van der Waals surface area contributed by atoms with Crippen LogP contribution in [0.5, 0.6) is 0 Å². The summed E-state index contributed by atoms with van der Waals surface area (Å²) >= 11 is 3.15. The first-order valence-corrected chi connectivity index (χ1v) is 6.35. The van der Waals surface area contributed by atoms with Crippen molar-refractivity contribution in [3.05, 3.63) is 29.3 Å². The topological polar surface area (TPSA) is 46.2 Å². The standard InChI is InChI=1S/C12H12BrNO2/c13-7-11(15)9-4-5-10-8(6-9)2-1-3-12(16)14-10/h4-6H,1-3,7H2,(H,14,16). The number of ketones is 1. The first-order chi connectivity index (χ1) is 7.70. The van der Waals surface area contributed by atoms with E-state index in [4.69, 9.17) is 0 Å². The molecule has 1 amide bonds. The van der Waals surface area contributed by atoms with E-state index in [0.717, 1.165) is 24.1 Å². The van der Waals surface area contributed by atoms with Gasteiger partial charge in [-0.2, -0.15) is 0 Å². The summed E-state index contributed by atoms with van der Waals surface area (Å²) in [7, 11) is 0. The van der Waals surface area contributed by atoms with Crippen molar-refractivity contribution >= 4 is 33.3 Å². The molecule has 1 aromatic carbocycles. The molecule has 16 heavy (non-hydrogen) atoms. The molecule has 3 nitrogen and oxygen atoms in total. The lowest BCUT2D eigenvalue weighted by molar-refractivity contribution is -0.116. The predicted octanol–water partition coefficient (Wildman–Crippen LogP) is 2.54. The Labute approximate surface area is 102 Å². The lowest BCUT2D eigenvalue weighted by atomic mass is 10.0. The summed E-state index contributed by atoms with van der Waals surface area (Å²) < 4.78 is 0. The molecule has 4 heteroatoms. The summed E-state index contributed by atoms with van der Waals surface area (Å²) in [4.78, 5) is 22.9. The first kappa shape index (κ1) is 11.3. The SMILES string of the molecule is O=C1CCCc2cc(C(=O)CBr)ccc2N1. The van der Waals surface area contributed by atoms with Crippen molar-refractivity contribution in [2.45, 2.75) is 19.3 Å². The number of carbonyl (C=O) groups is 2. The summed E-state index contributed by atoms with van der Waals surface area (Å²) in [6, 6.07) is 5.45. The summed E-state index contributed by atoms with van der Waals surface area (Å²) in [5.41, 5.74) is 2.60. The average Bonchev–Trinajstić information content (AvgIpc) is 2.47. The van der Waals surface area contributed by atoms with Gasteiger partial charge in [-0.05, 0) is 36.6 Å². The molecule has 0 aromatic heterocycles. The molecule has 84 valence electrons. The van der Waals surface area contributed by atoms with E-state index in [9.17, 15) is 9.59 Å². The Hall–Kier alpha value is -1.16. The van der Waals surface area contributed by atoms with Crippen LogP contribution < -0.4 is 5.32 Å². The third-order valence-electron chi connectivity index (χ3n) is 2.67. The Balaban J connectivity index is 2.35. The maximum Gasteiger partial charge on any atom is 0.224 e. The van der Waals surface area contributed by atoms with Gasteiger partial charge in [-0.15, -0.1) is 0 Å². The molecule has 0 unspecified atom stereocenters. The number of aryl methyl sites for hydroxylation is 1. The van der Waals surface area contributed by atoms with Crippen molar-refractivity contribution in [2.24, 2.45) is 0 Å². The van der Waals surface area contributed by atoms with Crippen LogP contribution in [-0.2, 0) is 11.2 Å². The fraction of sp³-hybridized carbons (Fsp3) is 0.333. The molecule has 1 heterocycles. The van der Waals surface area contributed by atoms with Crippen molar-refractivity contribution in [3.8, 4) is 0 Å². The minimum atomic E-state index is 0.0540. The maximum absolute atomic E-state index is 11.5. The van der Waals surface area contributed by atoms with E-state index >= 15 is 0 Å². The molecule has 0 spiro atoms. The molecular formula is C12H12BrNO2. The van der Waals surface area contributed by atoms with Crippen LogP contribution in [0, 0.1) is 0 Å². The molecular weight excluding hydrogens is 270 g/mol. The van der Waals surface area contributed by atoms with Crippen LogP contribution in [0.25, 0.3) is 0 Å². The number of hydrogen-bond acceptors (Lipinski definition) is 2. The van der Waals surface area contributed by atoms with Crippen LogP contribution in [0.1, 0.15) is 28.8 Å². The van der Waals surface area contributed by atoms with E-state index in [1.165, 1.54) is 0 Å². The van der Waals surface area contributed by atoms with Gasteiger partial charge in [-0.3, -0.25) is 9.59 Å². The molecule has 0 saturated carbocycles. The minimum Gasteiger partial charge on any atom is -0.326 e. The smallest absolute Gasteiger partial charge is 0.224 e. The third-order valence-corrected chi connectivity index (χ3v) is 3.18. The number of rotatable bonds is 2.